The molecule has 5 rings (SSSR count). The topological polar surface area (TPSA) is 79.7 Å². The molecule has 30 heavy (non-hydrogen) atoms. The second-order valence-electron chi connectivity index (χ2n) is 7.50. The molecule has 0 saturated carbocycles. The van der Waals surface area contributed by atoms with Crippen molar-refractivity contribution >= 4 is 28.7 Å². The van der Waals surface area contributed by atoms with E-state index in [1.807, 2.05) is 36.1 Å². The van der Waals surface area contributed by atoms with Crippen molar-refractivity contribution in [3.05, 3.63) is 65.7 Å². The van der Waals surface area contributed by atoms with Crippen LogP contribution in [0.4, 0.5) is 0 Å². The van der Waals surface area contributed by atoms with Crippen LogP contribution in [0.5, 0.6) is 0 Å². The number of nitrogens with one attached hydrogen (secondary N) is 1. The molecule has 3 heterocycles. The highest BCUT2D eigenvalue weighted by molar-refractivity contribution is 7.98. The van der Waals surface area contributed by atoms with Gasteiger partial charge >= 0.3 is 0 Å². The quantitative estimate of drug-likeness (QED) is 0.504. The molecule has 0 aliphatic carbocycles. The summed E-state index contributed by atoms with van der Waals surface area (Å²) in [5.41, 5.74) is 4.29. The number of carbonyl (C=O) groups excluding carboxylic acids is 1. The molecule has 7 nitrogen and oxygen atoms in total. The molecule has 0 spiro atoms. The number of hydrogen-bond donors (Lipinski definition) is 1. The van der Waals surface area contributed by atoms with Crippen molar-refractivity contribution in [2.24, 2.45) is 0 Å². The van der Waals surface area contributed by atoms with Crippen LogP contribution in [0.1, 0.15) is 40.6 Å². The third-order valence-electron chi connectivity index (χ3n) is 5.55. The van der Waals surface area contributed by atoms with Crippen LogP contribution >= 0.6 is 11.8 Å². The van der Waals surface area contributed by atoms with Crippen LogP contribution < -0.4 is 0 Å². The van der Waals surface area contributed by atoms with E-state index in [4.69, 9.17) is 4.98 Å². The summed E-state index contributed by atoms with van der Waals surface area (Å²) in [4.78, 5) is 26.5. The summed E-state index contributed by atoms with van der Waals surface area (Å²) < 4.78 is 0. The summed E-state index contributed by atoms with van der Waals surface area (Å²) in [5, 5.41) is 8.47. The van der Waals surface area contributed by atoms with Gasteiger partial charge in [-0.15, -0.1) is 11.8 Å². The number of aryl methyl sites for hydroxylation is 1. The van der Waals surface area contributed by atoms with Gasteiger partial charge < -0.3 is 9.88 Å². The van der Waals surface area contributed by atoms with Gasteiger partial charge in [0.25, 0.3) is 5.91 Å². The number of amides is 1. The van der Waals surface area contributed by atoms with E-state index < -0.39 is 0 Å². The predicted octanol–water partition coefficient (Wildman–Crippen LogP) is 4.15. The zero-order valence-corrected chi connectivity index (χ0v) is 17.7. The third-order valence-corrected chi connectivity index (χ3v) is 6.28. The van der Waals surface area contributed by atoms with Gasteiger partial charge in [0.1, 0.15) is 5.82 Å². The highest BCUT2D eigenvalue weighted by Gasteiger charge is 2.34. The minimum absolute atomic E-state index is 0.0185. The molecule has 2 aromatic heterocycles. The number of aromatic nitrogens is 5. The molecule has 1 N–H and O–H groups in total. The van der Waals surface area contributed by atoms with Crippen LogP contribution in [0.3, 0.4) is 0 Å². The number of nitrogens with zero attached hydrogens (tertiary/aromatic N) is 5. The summed E-state index contributed by atoms with van der Waals surface area (Å²) >= 11 is 1.70. The van der Waals surface area contributed by atoms with Crippen molar-refractivity contribution in [3.8, 4) is 5.69 Å². The van der Waals surface area contributed by atoms with Crippen molar-refractivity contribution in [2.75, 3.05) is 12.8 Å². The van der Waals surface area contributed by atoms with Crippen LogP contribution in [-0.4, -0.2) is 48.6 Å². The van der Waals surface area contributed by atoms with Gasteiger partial charge in [-0.05, 0) is 61.9 Å². The van der Waals surface area contributed by atoms with Crippen LogP contribution in [0.15, 0.2) is 53.7 Å². The van der Waals surface area contributed by atoms with Crippen molar-refractivity contribution < 1.29 is 4.79 Å². The SMILES string of the molecule is CSc1ccc2nc([C@@H]3CCCN3C(=O)c3ccc(C)cc3-n3nccn3)[nH]c2c1. The highest BCUT2D eigenvalue weighted by atomic mass is 32.2. The molecule has 1 aliphatic heterocycles. The lowest BCUT2D eigenvalue weighted by Gasteiger charge is -2.24. The predicted molar refractivity (Wildman–Crippen MR) is 117 cm³/mol. The maximum Gasteiger partial charge on any atom is 0.256 e. The van der Waals surface area contributed by atoms with Gasteiger partial charge in [-0.1, -0.05) is 6.07 Å². The van der Waals surface area contributed by atoms with E-state index in [-0.39, 0.29) is 11.9 Å². The van der Waals surface area contributed by atoms with E-state index in [0.717, 1.165) is 35.3 Å². The van der Waals surface area contributed by atoms with E-state index in [9.17, 15) is 4.79 Å². The number of imidazole rings is 1. The summed E-state index contributed by atoms with van der Waals surface area (Å²) in [6, 6.07) is 11.9. The Balaban J connectivity index is 1.51. The molecule has 2 aromatic carbocycles. The van der Waals surface area contributed by atoms with Gasteiger partial charge in [0.2, 0.25) is 0 Å². The Hall–Kier alpha value is -3.13. The Morgan fingerprint density at radius 3 is 2.80 bits per heavy atom. The van der Waals surface area contributed by atoms with Crippen LogP contribution in [0.2, 0.25) is 0 Å². The number of carbonyl (C=O) groups is 1. The average molecular weight is 419 g/mol. The Morgan fingerprint density at radius 2 is 2.00 bits per heavy atom. The fraction of sp³-hybridized carbons (Fsp3) is 0.273. The van der Waals surface area contributed by atoms with Gasteiger partial charge in [-0.25, -0.2) is 4.98 Å². The third kappa shape index (κ3) is 3.27. The van der Waals surface area contributed by atoms with Crippen molar-refractivity contribution in [3.63, 3.8) is 0 Å². The highest BCUT2D eigenvalue weighted by Crippen LogP contribution is 2.34. The number of fused-ring (bicyclic) bond motifs is 1. The number of hydrogen-bond acceptors (Lipinski definition) is 5. The van der Waals surface area contributed by atoms with E-state index in [2.05, 4.69) is 33.6 Å². The van der Waals surface area contributed by atoms with E-state index in [1.54, 1.807) is 24.2 Å². The molecule has 1 fully saturated rings. The normalized spacial score (nSPS) is 16.5. The number of benzene rings is 2. The first-order valence-electron chi connectivity index (χ1n) is 9.96. The molecule has 0 bridgehead atoms. The average Bonchev–Trinajstić information content (AvgIpc) is 3.52. The minimum atomic E-state index is -0.0673. The first kappa shape index (κ1) is 18.9. The lowest BCUT2D eigenvalue weighted by Crippen LogP contribution is -2.32. The monoisotopic (exact) mass is 418 g/mol. The van der Waals surface area contributed by atoms with Crippen LogP contribution in [-0.2, 0) is 0 Å². The van der Waals surface area contributed by atoms with Gasteiger partial charge in [0.15, 0.2) is 0 Å². The molecule has 1 aliphatic rings. The number of likely N-dealkylation sites (tertiary alicyclic amines) is 1. The molecule has 0 unspecified atom stereocenters. The Kier molecular flexibility index (Phi) is 4.78. The molecule has 8 heteroatoms. The largest absolute Gasteiger partial charge is 0.340 e. The summed E-state index contributed by atoms with van der Waals surface area (Å²) in [5.74, 6) is 0.829. The number of rotatable bonds is 4. The van der Waals surface area contributed by atoms with Gasteiger partial charge in [0, 0.05) is 11.4 Å². The Labute approximate surface area is 178 Å². The second-order valence-corrected chi connectivity index (χ2v) is 8.38. The number of aromatic amines is 1. The smallest absolute Gasteiger partial charge is 0.256 e. The van der Waals surface area contributed by atoms with Crippen molar-refractivity contribution in [2.45, 2.75) is 30.7 Å². The number of H-pyrrole nitrogens is 1. The van der Waals surface area contributed by atoms with Crippen molar-refractivity contribution in [1.29, 1.82) is 0 Å². The Bertz CT molecular complexity index is 1220. The van der Waals surface area contributed by atoms with E-state index in [0.29, 0.717) is 17.8 Å². The molecule has 1 saturated heterocycles. The summed E-state index contributed by atoms with van der Waals surface area (Å²) in [6.45, 7) is 2.70. The standard InChI is InChI=1S/C22H22N6OS/c1-14-5-7-16(20(12-14)28-23-9-10-24-28)22(29)27-11-3-4-19(27)21-25-17-8-6-15(30-2)13-18(17)26-21/h5-10,12-13,19H,3-4,11H2,1-2H3,(H,25,26)/t19-/m0/s1. The first-order valence-corrected chi connectivity index (χ1v) is 11.2. The molecule has 1 amide bonds. The zero-order valence-electron chi connectivity index (χ0n) is 16.9. The number of thioether (sulfide) groups is 1. The summed E-state index contributed by atoms with van der Waals surface area (Å²) in [7, 11) is 0. The fourth-order valence-corrected chi connectivity index (χ4v) is 4.51. The molecule has 4 aromatic rings. The first-order chi connectivity index (χ1) is 14.6. The zero-order chi connectivity index (χ0) is 20.7. The lowest BCUT2D eigenvalue weighted by atomic mass is 10.1. The summed E-state index contributed by atoms with van der Waals surface area (Å²) in [6.07, 6.45) is 7.13. The maximum absolute atomic E-state index is 13.6. The minimum Gasteiger partial charge on any atom is -0.340 e. The lowest BCUT2D eigenvalue weighted by molar-refractivity contribution is 0.0730. The van der Waals surface area contributed by atoms with Crippen LogP contribution in [0.25, 0.3) is 16.7 Å². The van der Waals surface area contributed by atoms with E-state index >= 15 is 0 Å². The van der Waals surface area contributed by atoms with Gasteiger partial charge in [0.05, 0.1) is 40.7 Å². The maximum atomic E-state index is 13.6. The van der Waals surface area contributed by atoms with Gasteiger partial charge in [-0.2, -0.15) is 15.0 Å². The molecular weight excluding hydrogens is 396 g/mol. The Morgan fingerprint density at radius 1 is 1.17 bits per heavy atom. The van der Waals surface area contributed by atoms with Gasteiger partial charge in [-0.3, -0.25) is 4.79 Å². The van der Waals surface area contributed by atoms with E-state index in [1.165, 1.54) is 9.69 Å². The molecule has 0 radical (unpaired) electrons. The molecule has 152 valence electrons. The fourth-order valence-electron chi connectivity index (χ4n) is 4.07. The second kappa shape index (κ2) is 7.60. The van der Waals surface area contributed by atoms with Crippen molar-refractivity contribution in [1.82, 2.24) is 29.9 Å². The molecular formula is C22H22N6OS. The van der Waals surface area contributed by atoms with Crippen LogP contribution in [0, 0.1) is 6.92 Å². The molecule has 1 atom stereocenters.